The lowest BCUT2D eigenvalue weighted by atomic mass is 9.95. The fourth-order valence-electron chi connectivity index (χ4n) is 2.23. The highest BCUT2D eigenvalue weighted by Gasteiger charge is 2.24. The van der Waals surface area contributed by atoms with Gasteiger partial charge >= 0.3 is 0 Å². The largest absolute Gasteiger partial charge is 0.396 e. The van der Waals surface area contributed by atoms with E-state index in [2.05, 4.69) is 23.7 Å². The van der Waals surface area contributed by atoms with Crippen LogP contribution in [0.25, 0.3) is 0 Å². The van der Waals surface area contributed by atoms with Crippen LogP contribution in [0.4, 0.5) is 11.5 Å². The molecule has 0 radical (unpaired) electrons. The number of pyridine rings is 1. The summed E-state index contributed by atoms with van der Waals surface area (Å²) in [4.78, 5) is 6.72. The second kappa shape index (κ2) is 4.09. The minimum Gasteiger partial charge on any atom is -0.396 e. The molecule has 0 spiro atoms. The van der Waals surface area contributed by atoms with E-state index in [4.69, 9.17) is 5.73 Å². The van der Waals surface area contributed by atoms with Crippen molar-refractivity contribution in [3.8, 4) is 0 Å². The molecule has 1 saturated heterocycles. The van der Waals surface area contributed by atoms with Crippen LogP contribution in [0.3, 0.4) is 0 Å². The molecule has 2 atom stereocenters. The van der Waals surface area contributed by atoms with E-state index < -0.39 is 0 Å². The molecule has 3 nitrogen and oxygen atoms in total. The summed E-state index contributed by atoms with van der Waals surface area (Å²) in [5.74, 6) is 1.69. The van der Waals surface area contributed by atoms with Crippen LogP contribution in [0.2, 0.25) is 0 Å². The number of hydrogen-bond donors (Lipinski definition) is 1. The molecule has 2 heterocycles. The van der Waals surface area contributed by atoms with Crippen molar-refractivity contribution in [2.24, 2.45) is 5.92 Å². The lowest BCUT2D eigenvalue weighted by Crippen LogP contribution is -2.41. The summed E-state index contributed by atoms with van der Waals surface area (Å²) >= 11 is 0. The Hall–Kier alpha value is -1.25. The van der Waals surface area contributed by atoms with Gasteiger partial charge < -0.3 is 10.6 Å². The van der Waals surface area contributed by atoms with Crippen LogP contribution in [0.1, 0.15) is 26.7 Å². The number of nitrogen functional groups attached to an aromatic ring is 1. The maximum absolute atomic E-state index is 5.95. The van der Waals surface area contributed by atoms with E-state index in [1.165, 1.54) is 12.8 Å². The summed E-state index contributed by atoms with van der Waals surface area (Å²) in [6, 6.07) is 4.36. The summed E-state index contributed by atoms with van der Waals surface area (Å²) in [5, 5.41) is 0. The van der Waals surface area contributed by atoms with Gasteiger partial charge in [0.05, 0.1) is 5.69 Å². The van der Waals surface area contributed by atoms with E-state index in [1.807, 2.05) is 18.3 Å². The Balaban J connectivity index is 2.25. The molecular weight excluding hydrogens is 186 g/mol. The van der Waals surface area contributed by atoms with Crippen molar-refractivity contribution in [1.29, 1.82) is 0 Å². The molecule has 1 aromatic rings. The fourth-order valence-corrected chi connectivity index (χ4v) is 2.23. The number of anilines is 2. The van der Waals surface area contributed by atoms with Crippen LogP contribution in [-0.4, -0.2) is 17.6 Å². The van der Waals surface area contributed by atoms with Crippen LogP contribution < -0.4 is 10.6 Å². The molecule has 0 saturated carbocycles. The van der Waals surface area contributed by atoms with Gasteiger partial charge in [0.1, 0.15) is 0 Å². The third-order valence-electron chi connectivity index (χ3n) is 3.21. The maximum Gasteiger partial charge on any atom is 0.152 e. The van der Waals surface area contributed by atoms with Gasteiger partial charge in [-0.15, -0.1) is 0 Å². The number of aromatic nitrogens is 1. The monoisotopic (exact) mass is 205 g/mol. The van der Waals surface area contributed by atoms with Gasteiger partial charge in [-0.3, -0.25) is 0 Å². The molecule has 1 aliphatic rings. The zero-order valence-electron chi connectivity index (χ0n) is 9.48. The zero-order valence-corrected chi connectivity index (χ0v) is 9.48. The highest BCUT2D eigenvalue weighted by molar-refractivity contribution is 5.62. The number of nitrogens with two attached hydrogens (primary N) is 1. The van der Waals surface area contributed by atoms with Crippen molar-refractivity contribution in [3.63, 3.8) is 0 Å². The van der Waals surface area contributed by atoms with Gasteiger partial charge in [0.25, 0.3) is 0 Å². The summed E-state index contributed by atoms with van der Waals surface area (Å²) < 4.78 is 0. The first-order valence-electron chi connectivity index (χ1n) is 5.65. The van der Waals surface area contributed by atoms with Crippen LogP contribution in [0.5, 0.6) is 0 Å². The van der Waals surface area contributed by atoms with Gasteiger partial charge in [0, 0.05) is 18.8 Å². The topological polar surface area (TPSA) is 42.2 Å². The molecule has 1 fully saturated rings. The van der Waals surface area contributed by atoms with Crippen molar-refractivity contribution in [3.05, 3.63) is 18.3 Å². The molecule has 0 aliphatic carbocycles. The molecule has 0 amide bonds. The van der Waals surface area contributed by atoms with Gasteiger partial charge in [-0.2, -0.15) is 0 Å². The van der Waals surface area contributed by atoms with Gasteiger partial charge in [-0.25, -0.2) is 4.98 Å². The predicted octanol–water partition coefficient (Wildman–Crippen LogP) is 2.29. The van der Waals surface area contributed by atoms with E-state index in [-0.39, 0.29) is 0 Å². The standard InChI is InChI=1S/C12H19N3/c1-9-5-6-10(2)15(8-9)12-11(13)4-3-7-14-12/h3-4,7,9-10H,5-6,8,13H2,1-2H3. The molecule has 2 unspecified atom stereocenters. The molecule has 2 N–H and O–H groups in total. The zero-order chi connectivity index (χ0) is 10.8. The van der Waals surface area contributed by atoms with Crippen molar-refractivity contribution in [1.82, 2.24) is 4.98 Å². The molecule has 15 heavy (non-hydrogen) atoms. The number of nitrogens with zero attached hydrogens (tertiary/aromatic N) is 2. The Morgan fingerprint density at radius 3 is 2.93 bits per heavy atom. The van der Waals surface area contributed by atoms with Crippen LogP contribution in [0.15, 0.2) is 18.3 Å². The Morgan fingerprint density at radius 1 is 1.40 bits per heavy atom. The quantitative estimate of drug-likeness (QED) is 0.765. The highest BCUT2D eigenvalue weighted by atomic mass is 15.2. The average molecular weight is 205 g/mol. The van der Waals surface area contributed by atoms with Crippen LogP contribution in [0, 0.1) is 5.92 Å². The van der Waals surface area contributed by atoms with E-state index in [1.54, 1.807) is 0 Å². The Labute approximate surface area is 91.3 Å². The molecule has 1 aliphatic heterocycles. The lowest BCUT2D eigenvalue weighted by Gasteiger charge is -2.38. The Morgan fingerprint density at radius 2 is 2.20 bits per heavy atom. The van der Waals surface area contributed by atoms with Gasteiger partial charge in [-0.1, -0.05) is 6.92 Å². The molecule has 0 aromatic carbocycles. The van der Waals surface area contributed by atoms with Gasteiger partial charge in [0.2, 0.25) is 0 Å². The fraction of sp³-hybridized carbons (Fsp3) is 0.583. The van der Waals surface area contributed by atoms with E-state index in [9.17, 15) is 0 Å². The van der Waals surface area contributed by atoms with Crippen molar-refractivity contribution in [2.75, 3.05) is 17.2 Å². The summed E-state index contributed by atoms with van der Waals surface area (Å²) in [6.45, 7) is 5.61. The summed E-state index contributed by atoms with van der Waals surface area (Å²) in [5.41, 5.74) is 6.75. The minimum absolute atomic E-state index is 0.554. The average Bonchev–Trinajstić information content (AvgIpc) is 2.23. The Bertz CT molecular complexity index is 337. The SMILES string of the molecule is CC1CCC(C)N(c2ncccc2N)C1. The number of rotatable bonds is 1. The van der Waals surface area contributed by atoms with Crippen molar-refractivity contribution >= 4 is 11.5 Å². The molecule has 1 aromatic heterocycles. The third kappa shape index (κ3) is 2.06. The first kappa shape index (κ1) is 10.3. The summed E-state index contributed by atoms with van der Waals surface area (Å²) in [7, 11) is 0. The predicted molar refractivity (Wildman–Crippen MR) is 63.9 cm³/mol. The molecule has 0 bridgehead atoms. The second-order valence-corrected chi connectivity index (χ2v) is 4.60. The van der Waals surface area contributed by atoms with Crippen molar-refractivity contribution < 1.29 is 0 Å². The number of hydrogen-bond acceptors (Lipinski definition) is 3. The molecule has 3 heteroatoms. The summed E-state index contributed by atoms with van der Waals surface area (Å²) in [6.07, 6.45) is 4.36. The third-order valence-corrected chi connectivity index (χ3v) is 3.21. The minimum atomic E-state index is 0.554. The maximum atomic E-state index is 5.95. The molecule has 82 valence electrons. The molecule has 2 rings (SSSR count). The highest BCUT2D eigenvalue weighted by Crippen LogP contribution is 2.29. The Kier molecular flexibility index (Phi) is 2.80. The first-order valence-corrected chi connectivity index (χ1v) is 5.65. The smallest absolute Gasteiger partial charge is 0.152 e. The normalized spacial score (nSPS) is 26.7. The second-order valence-electron chi connectivity index (χ2n) is 4.60. The number of piperidine rings is 1. The van der Waals surface area contributed by atoms with Gasteiger partial charge in [0.15, 0.2) is 5.82 Å². The van der Waals surface area contributed by atoms with E-state index >= 15 is 0 Å². The van der Waals surface area contributed by atoms with E-state index in [0.29, 0.717) is 6.04 Å². The first-order chi connectivity index (χ1) is 7.18. The van der Waals surface area contributed by atoms with E-state index in [0.717, 1.165) is 24.0 Å². The molecular formula is C12H19N3. The van der Waals surface area contributed by atoms with Crippen molar-refractivity contribution in [2.45, 2.75) is 32.7 Å². The lowest BCUT2D eigenvalue weighted by molar-refractivity contribution is 0.388. The van der Waals surface area contributed by atoms with Gasteiger partial charge in [-0.05, 0) is 37.8 Å². The van der Waals surface area contributed by atoms with Crippen LogP contribution >= 0.6 is 0 Å². The van der Waals surface area contributed by atoms with Crippen LogP contribution in [-0.2, 0) is 0 Å².